The van der Waals surface area contributed by atoms with Gasteiger partial charge < -0.3 is 9.47 Å². The highest BCUT2D eigenvalue weighted by Crippen LogP contribution is 2.19. The monoisotopic (exact) mass is 398 g/mol. The van der Waals surface area contributed by atoms with E-state index in [2.05, 4.69) is 13.1 Å². The van der Waals surface area contributed by atoms with Crippen LogP contribution in [0.1, 0.15) is 64.2 Å². The molecule has 0 saturated heterocycles. The summed E-state index contributed by atoms with van der Waals surface area (Å²) in [5.41, 5.74) is 0. The third-order valence-electron chi connectivity index (χ3n) is 4.50. The van der Waals surface area contributed by atoms with E-state index in [1.165, 1.54) is 63.8 Å². The van der Waals surface area contributed by atoms with Gasteiger partial charge in [0.1, 0.15) is 13.1 Å². The van der Waals surface area contributed by atoms with E-state index < -0.39 is 7.38 Å². The highest BCUT2D eigenvalue weighted by atomic mass is 35.6. The van der Waals surface area contributed by atoms with Crippen molar-refractivity contribution in [1.29, 1.82) is 0 Å². The van der Waals surface area contributed by atoms with Crippen LogP contribution >= 0.6 is 11.1 Å². The van der Waals surface area contributed by atoms with Crippen LogP contribution in [0, 0.1) is 0 Å². The standard InChI is InChI=1S/C22H39ClO2Si/c1-26(2,23)21-14-9-7-5-3-4-6-8-13-18-24-19-15-20-25-22-16-11-10-12-17-22/h10-12,16-17H,3-9,13-15,18-21H2,1-2H3. The highest BCUT2D eigenvalue weighted by Gasteiger charge is 2.15. The van der Waals surface area contributed by atoms with Gasteiger partial charge in [0.25, 0.3) is 0 Å². The lowest BCUT2D eigenvalue weighted by molar-refractivity contribution is 0.115. The number of benzene rings is 1. The summed E-state index contributed by atoms with van der Waals surface area (Å²) < 4.78 is 11.3. The van der Waals surface area contributed by atoms with Crippen LogP contribution in [0.3, 0.4) is 0 Å². The zero-order chi connectivity index (χ0) is 18.9. The molecule has 0 atom stereocenters. The van der Waals surface area contributed by atoms with Crippen molar-refractivity contribution in [3.05, 3.63) is 30.3 Å². The quantitative estimate of drug-likeness (QED) is 0.154. The normalized spacial score (nSPS) is 11.7. The van der Waals surface area contributed by atoms with Crippen LogP contribution in [-0.2, 0) is 4.74 Å². The Morgan fingerprint density at radius 2 is 1.23 bits per heavy atom. The van der Waals surface area contributed by atoms with E-state index in [1.807, 2.05) is 30.3 Å². The van der Waals surface area contributed by atoms with Crippen LogP contribution < -0.4 is 4.74 Å². The summed E-state index contributed by atoms with van der Waals surface area (Å²) >= 11 is 6.34. The fraction of sp³-hybridized carbons (Fsp3) is 0.727. The average molecular weight is 399 g/mol. The Morgan fingerprint density at radius 1 is 0.692 bits per heavy atom. The second-order valence-corrected chi connectivity index (χ2v) is 14.8. The van der Waals surface area contributed by atoms with Gasteiger partial charge in [-0.2, -0.15) is 11.1 Å². The molecule has 1 aromatic rings. The molecule has 2 nitrogen and oxygen atoms in total. The van der Waals surface area contributed by atoms with Crippen LogP contribution in [-0.4, -0.2) is 27.2 Å². The van der Waals surface area contributed by atoms with Gasteiger partial charge in [0.05, 0.1) is 6.61 Å². The van der Waals surface area contributed by atoms with Gasteiger partial charge in [-0.3, -0.25) is 0 Å². The number of hydrogen-bond acceptors (Lipinski definition) is 2. The maximum absolute atomic E-state index is 6.34. The third-order valence-corrected chi connectivity index (χ3v) is 6.61. The number of unbranched alkanes of at least 4 members (excludes halogenated alkanes) is 8. The molecule has 0 aliphatic heterocycles. The van der Waals surface area contributed by atoms with Crippen molar-refractivity contribution < 1.29 is 9.47 Å². The van der Waals surface area contributed by atoms with E-state index >= 15 is 0 Å². The van der Waals surface area contributed by atoms with Gasteiger partial charge in [-0.1, -0.05) is 82.7 Å². The first-order valence-electron chi connectivity index (χ1n) is 10.5. The highest BCUT2D eigenvalue weighted by molar-refractivity contribution is 7.19. The summed E-state index contributed by atoms with van der Waals surface area (Å²) in [6.07, 6.45) is 13.0. The van der Waals surface area contributed by atoms with Crippen molar-refractivity contribution >= 4 is 18.5 Å². The molecular formula is C22H39ClO2Si. The Morgan fingerprint density at radius 3 is 1.85 bits per heavy atom. The summed E-state index contributed by atoms with van der Waals surface area (Å²) in [7, 11) is -1.32. The second-order valence-electron chi connectivity index (χ2n) is 7.78. The molecule has 0 aromatic heterocycles. The summed E-state index contributed by atoms with van der Waals surface area (Å²) in [5.74, 6) is 0.942. The first kappa shape index (κ1) is 23.5. The first-order valence-corrected chi connectivity index (χ1v) is 14.7. The molecule has 1 rings (SSSR count). The van der Waals surface area contributed by atoms with Crippen molar-refractivity contribution in [3.63, 3.8) is 0 Å². The Kier molecular flexibility index (Phi) is 14.1. The molecule has 0 unspecified atom stereocenters. The molecule has 26 heavy (non-hydrogen) atoms. The molecule has 0 fully saturated rings. The number of ether oxygens (including phenoxy) is 2. The fourth-order valence-corrected chi connectivity index (χ4v) is 4.45. The van der Waals surface area contributed by atoms with Gasteiger partial charge in [-0.15, -0.1) is 0 Å². The van der Waals surface area contributed by atoms with Crippen molar-refractivity contribution in [3.8, 4) is 5.75 Å². The summed E-state index contributed by atoms with van der Waals surface area (Å²) in [5, 5.41) is 0. The van der Waals surface area contributed by atoms with Crippen LogP contribution in [0.2, 0.25) is 19.1 Å². The van der Waals surface area contributed by atoms with Gasteiger partial charge in [0, 0.05) is 19.6 Å². The summed E-state index contributed by atoms with van der Waals surface area (Å²) in [4.78, 5) is 0. The van der Waals surface area contributed by atoms with Gasteiger partial charge in [-0.05, 0) is 24.6 Å². The van der Waals surface area contributed by atoms with E-state index in [-0.39, 0.29) is 0 Å². The minimum atomic E-state index is -1.32. The number of rotatable bonds is 17. The van der Waals surface area contributed by atoms with E-state index in [4.69, 9.17) is 20.6 Å². The van der Waals surface area contributed by atoms with Crippen LogP contribution in [0.4, 0.5) is 0 Å². The molecule has 150 valence electrons. The predicted molar refractivity (Wildman–Crippen MR) is 117 cm³/mol. The minimum Gasteiger partial charge on any atom is -0.494 e. The number of halogens is 1. The van der Waals surface area contributed by atoms with Crippen molar-refractivity contribution in [1.82, 2.24) is 0 Å². The molecule has 0 N–H and O–H groups in total. The van der Waals surface area contributed by atoms with Crippen molar-refractivity contribution in [2.45, 2.75) is 83.3 Å². The lowest BCUT2D eigenvalue weighted by Crippen LogP contribution is -2.14. The SMILES string of the molecule is C[Si](C)(Cl)CCCCCCCCCCCOCCCOc1ccccc1. The Hall–Kier alpha value is -0.513. The molecular weight excluding hydrogens is 360 g/mol. The minimum absolute atomic E-state index is 0.731. The Bertz CT molecular complexity index is 420. The maximum Gasteiger partial charge on any atom is 0.150 e. The van der Waals surface area contributed by atoms with Crippen LogP contribution in [0.25, 0.3) is 0 Å². The number of para-hydroxylation sites is 1. The third kappa shape index (κ3) is 15.7. The fourth-order valence-electron chi connectivity index (χ4n) is 2.96. The largest absolute Gasteiger partial charge is 0.494 e. The van der Waals surface area contributed by atoms with Gasteiger partial charge in [0.15, 0.2) is 0 Å². The van der Waals surface area contributed by atoms with Gasteiger partial charge in [0.2, 0.25) is 0 Å². The predicted octanol–water partition coefficient (Wildman–Crippen LogP) is 7.43. The first-order chi connectivity index (χ1) is 12.6. The molecule has 0 aliphatic rings. The maximum atomic E-state index is 6.34. The molecule has 0 bridgehead atoms. The molecule has 0 amide bonds. The Labute approximate surface area is 167 Å². The van der Waals surface area contributed by atoms with E-state index in [0.717, 1.165) is 32.0 Å². The lowest BCUT2D eigenvalue weighted by Gasteiger charge is -2.11. The topological polar surface area (TPSA) is 18.5 Å². The summed E-state index contributed by atoms with van der Waals surface area (Å²) in [6, 6.07) is 11.2. The van der Waals surface area contributed by atoms with Crippen LogP contribution in [0.15, 0.2) is 30.3 Å². The molecule has 0 spiro atoms. The Balaban J connectivity index is 1.72. The van der Waals surface area contributed by atoms with Gasteiger partial charge >= 0.3 is 0 Å². The summed E-state index contributed by atoms with van der Waals surface area (Å²) in [6.45, 7) is 6.92. The van der Waals surface area contributed by atoms with Crippen molar-refractivity contribution in [2.75, 3.05) is 19.8 Å². The van der Waals surface area contributed by atoms with E-state index in [0.29, 0.717) is 0 Å². The number of hydrogen-bond donors (Lipinski definition) is 0. The lowest BCUT2D eigenvalue weighted by atomic mass is 10.1. The average Bonchev–Trinajstić information content (AvgIpc) is 2.61. The molecule has 0 radical (unpaired) electrons. The van der Waals surface area contributed by atoms with Crippen LogP contribution in [0.5, 0.6) is 5.75 Å². The smallest absolute Gasteiger partial charge is 0.150 e. The zero-order valence-corrected chi connectivity index (χ0v) is 18.7. The molecule has 0 heterocycles. The molecule has 1 aromatic carbocycles. The van der Waals surface area contributed by atoms with E-state index in [1.54, 1.807) is 0 Å². The second kappa shape index (κ2) is 15.5. The molecule has 4 heteroatoms. The molecule has 0 saturated carbocycles. The van der Waals surface area contributed by atoms with Gasteiger partial charge in [-0.25, -0.2) is 0 Å². The molecule has 0 aliphatic carbocycles. The van der Waals surface area contributed by atoms with E-state index in [9.17, 15) is 0 Å². The zero-order valence-electron chi connectivity index (χ0n) is 17.0. The van der Waals surface area contributed by atoms with Crippen molar-refractivity contribution in [2.24, 2.45) is 0 Å².